The molecule has 0 bridgehead atoms. The topological polar surface area (TPSA) is 55.2 Å². The third-order valence-corrected chi connectivity index (χ3v) is 6.24. The number of benzene rings is 1. The molecule has 136 valence electrons. The van der Waals surface area contributed by atoms with E-state index in [1.54, 1.807) is 17.9 Å². The Labute approximate surface area is 144 Å². The molecule has 1 unspecified atom stereocenters. The van der Waals surface area contributed by atoms with Crippen LogP contribution in [0.25, 0.3) is 0 Å². The van der Waals surface area contributed by atoms with Gasteiger partial charge in [0.05, 0.1) is 16.7 Å². The molecule has 3 rings (SSSR count). The smallest absolute Gasteiger partial charge is 0.276 e. The summed E-state index contributed by atoms with van der Waals surface area (Å²) >= 11 is 0. The van der Waals surface area contributed by atoms with Gasteiger partial charge in [-0.25, -0.2) is 8.42 Å². The van der Waals surface area contributed by atoms with Crippen LogP contribution in [0.4, 0.5) is 13.2 Å². The van der Waals surface area contributed by atoms with E-state index in [4.69, 9.17) is 0 Å². The molecule has 2 heterocycles. The molecule has 1 aromatic carbocycles. The maximum Gasteiger partial charge on any atom is 0.416 e. The summed E-state index contributed by atoms with van der Waals surface area (Å²) in [4.78, 5) is -0.325. The van der Waals surface area contributed by atoms with Crippen molar-refractivity contribution in [2.45, 2.75) is 29.8 Å². The minimum atomic E-state index is -4.58. The fourth-order valence-electron chi connectivity index (χ4n) is 3.07. The van der Waals surface area contributed by atoms with Gasteiger partial charge in [-0.3, -0.25) is 4.68 Å². The van der Waals surface area contributed by atoms with Crippen LogP contribution in [-0.2, 0) is 23.2 Å². The second-order valence-electron chi connectivity index (χ2n) is 6.18. The number of halogens is 3. The second-order valence-corrected chi connectivity index (χ2v) is 8.11. The highest BCUT2D eigenvalue weighted by Crippen LogP contribution is 2.33. The molecule has 0 aliphatic carbocycles. The van der Waals surface area contributed by atoms with Crippen LogP contribution < -0.4 is 0 Å². The summed E-state index contributed by atoms with van der Waals surface area (Å²) in [5, 5.41) is 4.10. The molecule has 1 saturated heterocycles. The lowest BCUT2D eigenvalue weighted by Crippen LogP contribution is -2.39. The monoisotopic (exact) mass is 373 g/mol. The average molecular weight is 373 g/mol. The number of rotatable bonds is 3. The lowest BCUT2D eigenvalue weighted by atomic mass is 9.94. The zero-order valence-electron chi connectivity index (χ0n) is 13.6. The van der Waals surface area contributed by atoms with Gasteiger partial charge in [0.1, 0.15) is 0 Å². The number of sulfonamides is 1. The first-order chi connectivity index (χ1) is 11.7. The van der Waals surface area contributed by atoms with Crippen molar-refractivity contribution in [3.63, 3.8) is 0 Å². The van der Waals surface area contributed by atoms with Gasteiger partial charge in [-0.05, 0) is 36.6 Å². The number of piperidine rings is 1. The predicted molar refractivity (Wildman–Crippen MR) is 85.4 cm³/mol. The SMILES string of the molecule is Cn1cc(C2CCCN(S(=O)(=O)c3cccc(C(F)(F)F)c3)C2)cn1. The third-order valence-electron chi connectivity index (χ3n) is 4.38. The van der Waals surface area contributed by atoms with Crippen LogP contribution in [0.2, 0.25) is 0 Å². The lowest BCUT2D eigenvalue weighted by molar-refractivity contribution is -0.137. The van der Waals surface area contributed by atoms with E-state index in [1.807, 2.05) is 6.20 Å². The summed E-state index contributed by atoms with van der Waals surface area (Å²) in [5.41, 5.74) is -0.0270. The van der Waals surface area contributed by atoms with E-state index >= 15 is 0 Å². The van der Waals surface area contributed by atoms with Gasteiger partial charge in [0.2, 0.25) is 10.0 Å². The van der Waals surface area contributed by atoms with Gasteiger partial charge in [0, 0.05) is 32.3 Å². The maximum atomic E-state index is 12.9. The highest BCUT2D eigenvalue weighted by Gasteiger charge is 2.35. The van der Waals surface area contributed by atoms with Crippen LogP contribution in [0.15, 0.2) is 41.6 Å². The first-order valence-electron chi connectivity index (χ1n) is 7.84. The lowest BCUT2D eigenvalue weighted by Gasteiger charge is -2.31. The van der Waals surface area contributed by atoms with Crippen LogP contribution in [0.1, 0.15) is 29.9 Å². The van der Waals surface area contributed by atoms with E-state index in [0.717, 1.165) is 24.1 Å². The molecule has 1 atom stereocenters. The number of hydrogen-bond donors (Lipinski definition) is 0. The number of nitrogens with zero attached hydrogens (tertiary/aromatic N) is 3. The number of alkyl halides is 3. The molecule has 5 nitrogen and oxygen atoms in total. The Hall–Kier alpha value is -1.87. The summed E-state index contributed by atoms with van der Waals surface area (Å²) in [7, 11) is -2.19. The standard InChI is InChI=1S/C16H18F3N3O2S/c1-21-10-13(9-20-21)12-4-3-7-22(11-12)25(23,24)15-6-2-5-14(8-15)16(17,18)19/h2,5-6,8-10,12H,3-4,7,11H2,1H3. The molecule has 0 amide bonds. The first-order valence-corrected chi connectivity index (χ1v) is 9.28. The second kappa shape index (κ2) is 6.45. The molecule has 0 spiro atoms. The van der Waals surface area contributed by atoms with Gasteiger partial charge >= 0.3 is 6.18 Å². The van der Waals surface area contributed by atoms with Crippen LogP contribution in [0.3, 0.4) is 0 Å². The van der Waals surface area contributed by atoms with Crippen molar-refractivity contribution in [3.05, 3.63) is 47.8 Å². The molecule has 1 fully saturated rings. The number of aryl methyl sites for hydroxylation is 1. The van der Waals surface area contributed by atoms with Crippen molar-refractivity contribution >= 4 is 10.0 Å². The van der Waals surface area contributed by atoms with Crippen molar-refractivity contribution in [2.75, 3.05) is 13.1 Å². The van der Waals surface area contributed by atoms with Gasteiger partial charge in [0.15, 0.2) is 0 Å². The Morgan fingerprint density at radius 2 is 2.04 bits per heavy atom. The van der Waals surface area contributed by atoms with Crippen molar-refractivity contribution in [1.29, 1.82) is 0 Å². The Kier molecular flexibility index (Phi) is 4.63. The minimum Gasteiger partial charge on any atom is -0.276 e. The molecule has 0 radical (unpaired) electrons. The van der Waals surface area contributed by atoms with E-state index in [0.29, 0.717) is 19.0 Å². The molecule has 25 heavy (non-hydrogen) atoms. The Balaban J connectivity index is 1.87. The van der Waals surface area contributed by atoms with E-state index in [9.17, 15) is 21.6 Å². The zero-order valence-corrected chi connectivity index (χ0v) is 14.4. The van der Waals surface area contributed by atoms with E-state index in [2.05, 4.69) is 5.10 Å². The highest BCUT2D eigenvalue weighted by molar-refractivity contribution is 7.89. The molecule has 0 N–H and O–H groups in total. The van der Waals surface area contributed by atoms with Gasteiger partial charge in [-0.2, -0.15) is 22.6 Å². The largest absolute Gasteiger partial charge is 0.416 e. The molecule has 9 heteroatoms. The fraction of sp³-hybridized carbons (Fsp3) is 0.438. The van der Waals surface area contributed by atoms with Gasteiger partial charge in [0.25, 0.3) is 0 Å². The molecular formula is C16H18F3N3O2S. The van der Waals surface area contributed by atoms with Crippen LogP contribution >= 0.6 is 0 Å². The van der Waals surface area contributed by atoms with Crippen LogP contribution in [-0.4, -0.2) is 35.6 Å². The molecule has 1 aliphatic rings. The third kappa shape index (κ3) is 3.72. The zero-order chi connectivity index (χ0) is 18.2. The molecule has 1 aliphatic heterocycles. The van der Waals surface area contributed by atoms with Crippen molar-refractivity contribution in [3.8, 4) is 0 Å². The average Bonchev–Trinajstić information content (AvgIpc) is 3.01. The van der Waals surface area contributed by atoms with E-state index in [-0.39, 0.29) is 17.4 Å². The van der Waals surface area contributed by atoms with Gasteiger partial charge in [-0.15, -0.1) is 0 Å². The summed E-state index contributed by atoms with van der Waals surface area (Å²) in [6, 6.07) is 3.90. The fourth-order valence-corrected chi connectivity index (χ4v) is 4.64. The first kappa shape index (κ1) is 17.9. The summed E-state index contributed by atoms with van der Waals surface area (Å²) in [6.45, 7) is 0.541. The highest BCUT2D eigenvalue weighted by atomic mass is 32.2. The molecule has 0 saturated carbocycles. The van der Waals surface area contributed by atoms with Gasteiger partial charge < -0.3 is 0 Å². The van der Waals surface area contributed by atoms with Crippen molar-refractivity contribution in [2.24, 2.45) is 7.05 Å². The molecule has 1 aromatic heterocycles. The quantitative estimate of drug-likeness (QED) is 0.831. The summed E-state index contributed by atoms with van der Waals surface area (Å²) in [5.74, 6) is -0.0111. The number of hydrogen-bond acceptors (Lipinski definition) is 3. The number of aromatic nitrogens is 2. The molecule has 2 aromatic rings. The normalized spacial score (nSPS) is 19.9. The van der Waals surface area contributed by atoms with Crippen LogP contribution in [0.5, 0.6) is 0 Å². The summed E-state index contributed by atoms with van der Waals surface area (Å²) in [6.07, 6.45) is 0.430. The van der Waals surface area contributed by atoms with Crippen LogP contribution in [0, 0.1) is 0 Å². The minimum absolute atomic E-state index is 0.0111. The Bertz CT molecular complexity index is 862. The Morgan fingerprint density at radius 3 is 2.68 bits per heavy atom. The maximum absolute atomic E-state index is 12.9. The van der Waals surface area contributed by atoms with Crippen molar-refractivity contribution < 1.29 is 21.6 Å². The van der Waals surface area contributed by atoms with Gasteiger partial charge in [-0.1, -0.05) is 6.07 Å². The Morgan fingerprint density at radius 1 is 1.28 bits per heavy atom. The van der Waals surface area contributed by atoms with E-state index in [1.165, 1.54) is 10.4 Å². The predicted octanol–water partition coefficient (Wildman–Crippen LogP) is 3.01. The summed E-state index contributed by atoms with van der Waals surface area (Å²) < 4.78 is 67.1. The molecular weight excluding hydrogens is 355 g/mol. The van der Waals surface area contributed by atoms with E-state index < -0.39 is 21.8 Å². The van der Waals surface area contributed by atoms with Crippen molar-refractivity contribution in [1.82, 2.24) is 14.1 Å².